The van der Waals surface area contributed by atoms with Crippen LogP contribution in [0.1, 0.15) is 40.2 Å². The molecule has 1 aromatic rings. The van der Waals surface area contributed by atoms with E-state index in [1.807, 2.05) is 0 Å². The van der Waals surface area contributed by atoms with Crippen molar-refractivity contribution in [2.45, 2.75) is 47.1 Å². The Morgan fingerprint density at radius 3 is 2.37 bits per heavy atom. The number of hydrogen-bond donors (Lipinski definition) is 1. The van der Waals surface area contributed by atoms with Crippen molar-refractivity contribution in [2.75, 3.05) is 6.54 Å². The quantitative estimate of drug-likeness (QED) is 0.828. The first-order chi connectivity index (χ1) is 8.71. The summed E-state index contributed by atoms with van der Waals surface area (Å²) in [7, 11) is 0. The molecule has 1 aromatic carbocycles. The lowest BCUT2D eigenvalue weighted by Crippen LogP contribution is -2.36. The van der Waals surface area contributed by atoms with Gasteiger partial charge in [-0.25, -0.2) is 4.39 Å². The van der Waals surface area contributed by atoms with Crippen molar-refractivity contribution in [3.8, 4) is 0 Å². The van der Waals surface area contributed by atoms with Crippen molar-refractivity contribution < 1.29 is 4.39 Å². The van der Waals surface area contributed by atoms with Crippen LogP contribution in [0.5, 0.6) is 0 Å². The Labute approximate surface area is 121 Å². The molecule has 0 radical (unpaired) electrons. The first-order valence-electron chi connectivity index (χ1n) is 6.88. The summed E-state index contributed by atoms with van der Waals surface area (Å²) in [6.07, 6.45) is 0.661. The number of benzene rings is 1. The zero-order valence-corrected chi connectivity index (χ0v) is 13.3. The molecule has 0 amide bonds. The monoisotopic (exact) mass is 285 g/mol. The van der Waals surface area contributed by atoms with Crippen LogP contribution in [0.15, 0.2) is 18.2 Å². The Hall–Kier alpha value is -0.600. The van der Waals surface area contributed by atoms with E-state index in [4.69, 9.17) is 11.6 Å². The van der Waals surface area contributed by atoms with Gasteiger partial charge in [0, 0.05) is 16.6 Å². The van der Waals surface area contributed by atoms with Crippen LogP contribution in [0.3, 0.4) is 0 Å². The van der Waals surface area contributed by atoms with Crippen LogP contribution in [-0.4, -0.2) is 12.6 Å². The molecule has 19 heavy (non-hydrogen) atoms. The van der Waals surface area contributed by atoms with Gasteiger partial charge in [-0.15, -0.1) is 0 Å². The minimum Gasteiger partial charge on any atom is -0.314 e. The molecule has 0 spiro atoms. The highest BCUT2D eigenvalue weighted by atomic mass is 35.5. The molecule has 0 heterocycles. The summed E-state index contributed by atoms with van der Waals surface area (Å²) < 4.78 is 13.9. The van der Waals surface area contributed by atoms with Crippen LogP contribution in [0.25, 0.3) is 0 Å². The zero-order chi connectivity index (χ0) is 14.6. The van der Waals surface area contributed by atoms with Gasteiger partial charge in [0.25, 0.3) is 0 Å². The van der Waals surface area contributed by atoms with Gasteiger partial charge in [0.2, 0.25) is 0 Å². The molecule has 3 heteroatoms. The van der Waals surface area contributed by atoms with Crippen molar-refractivity contribution >= 4 is 11.6 Å². The van der Waals surface area contributed by atoms with Crippen molar-refractivity contribution in [2.24, 2.45) is 11.3 Å². The van der Waals surface area contributed by atoms with Gasteiger partial charge in [-0.3, -0.25) is 0 Å². The Bertz CT molecular complexity index is 389. The summed E-state index contributed by atoms with van der Waals surface area (Å²) in [6, 6.07) is 5.33. The Morgan fingerprint density at radius 2 is 1.89 bits per heavy atom. The van der Waals surface area contributed by atoms with Crippen LogP contribution >= 0.6 is 11.6 Å². The van der Waals surface area contributed by atoms with E-state index in [1.165, 1.54) is 6.07 Å². The van der Waals surface area contributed by atoms with E-state index >= 15 is 0 Å². The number of nitrogens with one attached hydrogen (secondary N) is 1. The normalized spacial score (nSPS) is 13.9. The van der Waals surface area contributed by atoms with Gasteiger partial charge < -0.3 is 5.32 Å². The van der Waals surface area contributed by atoms with Crippen molar-refractivity contribution in [3.63, 3.8) is 0 Å². The van der Waals surface area contributed by atoms with E-state index in [9.17, 15) is 4.39 Å². The maximum atomic E-state index is 13.9. The van der Waals surface area contributed by atoms with Gasteiger partial charge in [0.1, 0.15) is 5.82 Å². The highest BCUT2D eigenvalue weighted by Crippen LogP contribution is 2.31. The van der Waals surface area contributed by atoms with Gasteiger partial charge in [0.15, 0.2) is 0 Å². The zero-order valence-electron chi connectivity index (χ0n) is 12.6. The molecule has 108 valence electrons. The molecular weight excluding hydrogens is 261 g/mol. The largest absolute Gasteiger partial charge is 0.314 e. The van der Waals surface area contributed by atoms with Gasteiger partial charge >= 0.3 is 0 Å². The van der Waals surface area contributed by atoms with Crippen LogP contribution < -0.4 is 5.32 Å². The number of hydrogen-bond acceptors (Lipinski definition) is 1. The Balaban J connectivity index is 2.88. The van der Waals surface area contributed by atoms with E-state index in [0.717, 1.165) is 6.54 Å². The lowest BCUT2D eigenvalue weighted by atomic mass is 9.77. The third-order valence-electron chi connectivity index (χ3n) is 3.51. The minimum absolute atomic E-state index is 0.105. The van der Waals surface area contributed by atoms with Gasteiger partial charge in [0.05, 0.1) is 0 Å². The molecule has 0 aliphatic rings. The third-order valence-corrected chi connectivity index (χ3v) is 3.86. The van der Waals surface area contributed by atoms with E-state index in [0.29, 0.717) is 29.0 Å². The molecule has 1 N–H and O–H groups in total. The predicted molar refractivity (Wildman–Crippen MR) is 81.2 cm³/mol. The maximum absolute atomic E-state index is 13.9. The van der Waals surface area contributed by atoms with Crippen molar-refractivity contribution in [3.05, 3.63) is 34.6 Å². The lowest BCUT2D eigenvalue weighted by molar-refractivity contribution is 0.225. The molecular formula is C16H25ClFN. The lowest BCUT2D eigenvalue weighted by Gasteiger charge is -2.32. The Morgan fingerprint density at radius 1 is 1.26 bits per heavy atom. The summed E-state index contributed by atoms with van der Waals surface area (Å²) >= 11 is 6.13. The van der Waals surface area contributed by atoms with E-state index in [2.05, 4.69) is 39.9 Å². The molecule has 0 fully saturated rings. The number of rotatable bonds is 5. The molecule has 1 nitrogen and oxygen atoms in total. The molecule has 0 aliphatic heterocycles. The number of halogens is 2. The molecule has 1 atom stereocenters. The average molecular weight is 286 g/mol. The van der Waals surface area contributed by atoms with Crippen LogP contribution in [-0.2, 0) is 6.42 Å². The van der Waals surface area contributed by atoms with Crippen LogP contribution in [0.4, 0.5) is 4.39 Å². The molecule has 0 aromatic heterocycles. The molecule has 1 rings (SSSR count). The van der Waals surface area contributed by atoms with E-state index in [-0.39, 0.29) is 11.2 Å². The summed E-state index contributed by atoms with van der Waals surface area (Å²) in [4.78, 5) is 0. The van der Waals surface area contributed by atoms with Gasteiger partial charge in [-0.1, -0.05) is 52.3 Å². The second-order valence-corrected chi connectivity index (χ2v) is 6.94. The molecule has 0 saturated carbocycles. The minimum atomic E-state index is -0.203. The van der Waals surface area contributed by atoms with Crippen LogP contribution in [0.2, 0.25) is 5.02 Å². The SMILES string of the molecule is CC(C)NCC(Cc1c(F)cccc1Cl)C(C)(C)C. The second-order valence-electron chi connectivity index (χ2n) is 6.53. The molecule has 1 unspecified atom stereocenters. The highest BCUT2D eigenvalue weighted by Gasteiger charge is 2.26. The summed E-state index contributed by atoms with van der Waals surface area (Å²) in [5.74, 6) is 0.135. The smallest absolute Gasteiger partial charge is 0.127 e. The topological polar surface area (TPSA) is 12.0 Å². The first-order valence-corrected chi connectivity index (χ1v) is 7.26. The van der Waals surface area contributed by atoms with Gasteiger partial charge in [-0.2, -0.15) is 0 Å². The van der Waals surface area contributed by atoms with Gasteiger partial charge in [-0.05, 0) is 36.4 Å². The second kappa shape index (κ2) is 6.71. The molecule has 0 aliphatic carbocycles. The van der Waals surface area contributed by atoms with Crippen molar-refractivity contribution in [1.29, 1.82) is 0 Å². The first kappa shape index (κ1) is 16.5. The molecule has 0 bridgehead atoms. The van der Waals surface area contributed by atoms with Crippen LogP contribution in [0, 0.1) is 17.2 Å². The fraction of sp³-hybridized carbons (Fsp3) is 0.625. The molecule has 0 saturated heterocycles. The third kappa shape index (κ3) is 5.12. The standard InChI is InChI=1S/C16H25ClFN/c1-11(2)19-10-12(16(3,4)5)9-13-14(17)7-6-8-15(13)18/h6-8,11-12,19H,9-10H2,1-5H3. The fourth-order valence-electron chi connectivity index (χ4n) is 2.04. The Kier molecular flexibility index (Phi) is 5.82. The summed E-state index contributed by atoms with van der Waals surface area (Å²) in [5.41, 5.74) is 0.739. The summed E-state index contributed by atoms with van der Waals surface area (Å²) in [6.45, 7) is 11.7. The average Bonchev–Trinajstić information content (AvgIpc) is 2.25. The van der Waals surface area contributed by atoms with Crippen molar-refractivity contribution in [1.82, 2.24) is 5.32 Å². The van der Waals surface area contributed by atoms with E-state index in [1.54, 1.807) is 12.1 Å². The maximum Gasteiger partial charge on any atom is 0.127 e. The fourth-order valence-corrected chi connectivity index (χ4v) is 2.28. The summed E-state index contributed by atoms with van der Waals surface area (Å²) in [5, 5.41) is 3.97. The predicted octanol–water partition coefficient (Wildman–Crippen LogP) is 4.68. The highest BCUT2D eigenvalue weighted by molar-refractivity contribution is 6.31. The van der Waals surface area contributed by atoms with E-state index < -0.39 is 0 Å².